The van der Waals surface area contributed by atoms with Gasteiger partial charge in [0.2, 0.25) is 0 Å². The molecule has 0 amide bonds. The van der Waals surface area contributed by atoms with E-state index in [9.17, 15) is 5.11 Å². The van der Waals surface area contributed by atoms with Gasteiger partial charge in [0.25, 0.3) is 0 Å². The highest BCUT2D eigenvalue weighted by atomic mass is 16.3. The van der Waals surface area contributed by atoms with Gasteiger partial charge in [0, 0.05) is 0 Å². The number of aryl methyl sites for hydroxylation is 2. The molecule has 158 valence electrons. The Hall–Kier alpha value is -2.38. The van der Waals surface area contributed by atoms with Crippen molar-refractivity contribution in [3.63, 3.8) is 0 Å². The third-order valence-corrected chi connectivity index (χ3v) is 6.34. The molecule has 1 N–H and O–H groups in total. The molecule has 1 unspecified atom stereocenters. The van der Waals surface area contributed by atoms with Gasteiger partial charge in [0.1, 0.15) is 0 Å². The lowest BCUT2D eigenvalue weighted by Crippen LogP contribution is -2.03. The molecule has 3 rings (SSSR count). The zero-order valence-corrected chi connectivity index (χ0v) is 19.0. The van der Waals surface area contributed by atoms with Gasteiger partial charge in [-0.25, -0.2) is 0 Å². The Bertz CT molecular complexity index is 953. The molecule has 0 fully saturated rings. The standard InChI is InChI=1S/C29H36O/c1-5-7-8-23(6-2)19-24-9-12-26(13-10-24)28-16-14-27(18-22(28)4)29-15-11-25(20-30)17-21(29)3/h9-18,23,30H,5-8,19-20H2,1-4H3. The fraction of sp³-hybridized carbons (Fsp3) is 0.379. The highest BCUT2D eigenvalue weighted by molar-refractivity contribution is 5.75. The van der Waals surface area contributed by atoms with Gasteiger partial charge >= 0.3 is 0 Å². The molecule has 0 radical (unpaired) electrons. The quantitative estimate of drug-likeness (QED) is 0.387. The van der Waals surface area contributed by atoms with Gasteiger partial charge < -0.3 is 5.11 Å². The summed E-state index contributed by atoms with van der Waals surface area (Å²) in [4.78, 5) is 0. The summed E-state index contributed by atoms with van der Waals surface area (Å²) in [5.41, 5.74) is 9.96. The molecular formula is C29H36O. The Labute approximate surface area is 182 Å². The SMILES string of the molecule is CCCCC(CC)Cc1ccc(-c2ccc(-c3ccc(CO)cc3C)cc2C)cc1. The van der Waals surface area contributed by atoms with Crippen molar-refractivity contribution >= 4 is 0 Å². The van der Waals surface area contributed by atoms with Crippen LogP contribution < -0.4 is 0 Å². The van der Waals surface area contributed by atoms with E-state index in [1.165, 1.54) is 71.0 Å². The van der Waals surface area contributed by atoms with Crippen LogP contribution in [-0.2, 0) is 13.0 Å². The Morgan fingerprint density at radius 1 is 0.733 bits per heavy atom. The summed E-state index contributed by atoms with van der Waals surface area (Å²) in [5, 5.41) is 9.35. The third-order valence-electron chi connectivity index (χ3n) is 6.34. The molecular weight excluding hydrogens is 364 g/mol. The molecule has 0 aromatic heterocycles. The van der Waals surface area contributed by atoms with E-state index < -0.39 is 0 Å². The van der Waals surface area contributed by atoms with Crippen molar-refractivity contribution < 1.29 is 5.11 Å². The van der Waals surface area contributed by atoms with E-state index in [0.29, 0.717) is 0 Å². The topological polar surface area (TPSA) is 20.2 Å². The molecule has 30 heavy (non-hydrogen) atoms. The monoisotopic (exact) mass is 400 g/mol. The first-order chi connectivity index (χ1) is 14.5. The van der Waals surface area contributed by atoms with E-state index in [4.69, 9.17) is 0 Å². The van der Waals surface area contributed by atoms with Crippen LogP contribution in [0.15, 0.2) is 60.7 Å². The average molecular weight is 401 g/mol. The summed E-state index contributed by atoms with van der Waals surface area (Å²) >= 11 is 0. The van der Waals surface area contributed by atoms with E-state index in [1.807, 2.05) is 6.07 Å². The first kappa shape index (κ1) is 22.3. The number of hydrogen-bond donors (Lipinski definition) is 1. The second kappa shape index (κ2) is 10.6. The van der Waals surface area contributed by atoms with Crippen molar-refractivity contribution in [3.05, 3.63) is 82.9 Å². The molecule has 0 bridgehead atoms. The predicted molar refractivity (Wildman–Crippen MR) is 130 cm³/mol. The van der Waals surface area contributed by atoms with E-state index in [2.05, 4.69) is 82.3 Å². The second-order valence-electron chi connectivity index (χ2n) is 8.65. The molecule has 1 heteroatoms. The van der Waals surface area contributed by atoms with Gasteiger partial charge in [-0.1, -0.05) is 100 Å². The zero-order chi connectivity index (χ0) is 21.5. The van der Waals surface area contributed by atoms with Gasteiger partial charge in [-0.3, -0.25) is 0 Å². The van der Waals surface area contributed by atoms with Gasteiger partial charge in [0.15, 0.2) is 0 Å². The smallest absolute Gasteiger partial charge is 0.0681 e. The summed E-state index contributed by atoms with van der Waals surface area (Å²) in [5.74, 6) is 0.803. The summed E-state index contributed by atoms with van der Waals surface area (Å²) in [6.45, 7) is 8.99. The van der Waals surface area contributed by atoms with Crippen molar-refractivity contribution in [3.8, 4) is 22.3 Å². The second-order valence-corrected chi connectivity index (χ2v) is 8.65. The molecule has 0 saturated heterocycles. The van der Waals surface area contributed by atoms with Crippen LogP contribution in [0.1, 0.15) is 61.8 Å². The van der Waals surface area contributed by atoms with E-state index in [0.717, 1.165) is 11.5 Å². The first-order valence-electron chi connectivity index (χ1n) is 11.5. The van der Waals surface area contributed by atoms with Gasteiger partial charge in [-0.2, -0.15) is 0 Å². The Kier molecular flexibility index (Phi) is 7.87. The fourth-order valence-electron chi connectivity index (χ4n) is 4.40. The molecule has 0 aliphatic rings. The van der Waals surface area contributed by atoms with Crippen LogP contribution in [0, 0.1) is 19.8 Å². The Morgan fingerprint density at radius 3 is 1.93 bits per heavy atom. The van der Waals surface area contributed by atoms with Crippen LogP contribution in [0.5, 0.6) is 0 Å². The van der Waals surface area contributed by atoms with E-state index >= 15 is 0 Å². The minimum Gasteiger partial charge on any atom is -0.392 e. The lowest BCUT2D eigenvalue weighted by Gasteiger charge is -2.15. The van der Waals surface area contributed by atoms with Gasteiger partial charge in [0.05, 0.1) is 6.61 Å². The summed E-state index contributed by atoms with van der Waals surface area (Å²) in [6, 6.07) is 22.1. The predicted octanol–water partition coefficient (Wildman–Crippen LogP) is 7.89. The number of aliphatic hydroxyl groups excluding tert-OH is 1. The maximum Gasteiger partial charge on any atom is 0.0681 e. The molecule has 0 heterocycles. The largest absolute Gasteiger partial charge is 0.392 e. The lowest BCUT2D eigenvalue weighted by molar-refractivity contribution is 0.282. The minimum absolute atomic E-state index is 0.0900. The number of rotatable bonds is 9. The third kappa shape index (κ3) is 5.40. The molecule has 3 aromatic rings. The van der Waals surface area contributed by atoms with Crippen molar-refractivity contribution in [1.29, 1.82) is 0 Å². The summed E-state index contributed by atoms with van der Waals surface area (Å²) in [6.07, 6.45) is 6.42. The maximum absolute atomic E-state index is 9.35. The van der Waals surface area contributed by atoms with Crippen LogP contribution >= 0.6 is 0 Å². The van der Waals surface area contributed by atoms with E-state index in [1.54, 1.807) is 0 Å². The summed E-state index contributed by atoms with van der Waals surface area (Å²) in [7, 11) is 0. The highest BCUT2D eigenvalue weighted by Gasteiger charge is 2.10. The maximum atomic E-state index is 9.35. The molecule has 0 aliphatic carbocycles. The molecule has 0 saturated carbocycles. The minimum atomic E-state index is 0.0900. The normalized spacial score (nSPS) is 12.2. The molecule has 1 nitrogen and oxygen atoms in total. The first-order valence-corrected chi connectivity index (χ1v) is 11.5. The van der Waals surface area contributed by atoms with Crippen LogP contribution in [0.2, 0.25) is 0 Å². The van der Waals surface area contributed by atoms with Crippen molar-refractivity contribution in [2.75, 3.05) is 0 Å². The number of unbranched alkanes of at least 4 members (excludes halogenated alkanes) is 1. The van der Waals surface area contributed by atoms with Crippen LogP contribution in [0.3, 0.4) is 0 Å². The summed E-state index contributed by atoms with van der Waals surface area (Å²) < 4.78 is 0. The van der Waals surface area contributed by atoms with Crippen molar-refractivity contribution in [2.24, 2.45) is 5.92 Å². The molecule has 0 aliphatic heterocycles. The average Bonchev–Trinajstić information content (AvgIpc) is 2.77. The van der Waals surface area contributed by atoms with Crippen LogP contribution in [0.25, 0.3) is 22.3 Å². The molecule has 3 aromatic carbocycles. The van der Waals surface area contributed by atoms with E-state index in [-0.39, 0.29) is 6.61 Å². The number of hydrogen-bond acceptors (Lipinski definition) is 1. The van der Waals surface area contributed by atoms with Crippen molar-refractivity contribution in [1.82, 2.24) is 0 Å². The zero-order valence-electron chi connectivity index (χ0n) is 19.0. The van der Waals surface area contributed by atoms with Crippen LogP contribution in [0.4, 0.5) is 0 Å². The Morgan fingerprint density at radius 2 is 1.33 bits per heavy atom. The molecule has 1 atom stereocenters. The van der Waals surface area contributed by atoms with Gasteiger partial charge in [-0.15, -0.1) is 0 Å². The highest BCUT2D eigenvalue weighted by Crippen LogP contribution is 2.31. The lowest BCUT2D eigenvalue weighted by atomic mass is 9.90. The van der Waals surface area contributed by atoms with Crippen LogP contribution in [-0.4, -0.2) is 5.11 Å². The molecule has 0 spiro atoms. The number of aliphatic hydroxyl groups is 1. The number of benzene rings is 3. The Balaban J connectivity index is 1.78. The van der Waals surface area contributed by atoms with Crippen molar-refractivity contribution in [2.45, 2.75) is 66.4 Å². The fourth-order valence-corrected chi connectivity index (χ4v) is 4.40. The van der Waals surface area contributed by atoms with Gasteiger partial charge in [-0.05, 0) is 70.7 Å².